The van der Waals surface area contributed by atoms with E-state index in [1.54, 1.807) is 18.2 Å². The predicted molar refractivity (Wildman–Crippen MR) is 54.7 cm³/mol. The van der Waals surface area contributed by atoms with Crippen molar-refractivity contribution in [3.8, 4) is 0 Å². The standard InChI is InChI=1S/C11H13NO/c1-3-4-11(13)9-6-5-8(2)10(12)7-9/h3,5-7H,1,4,12H2,2H3. The van der Waals surface area contributed by atoms with Gasteiger partial charge in [-0.1, -0.05) is 18.2 Å². The maximum Gasteiger partial charge on any atom is 0.166 e. The molecule has 1 aromatic carbocycles. The lowest BCUT2D eigenvalue weighted by molar-refractivity contribution is 0.0996. The Hall–Kier alpha value is -1.57. The third kappa shape index (κ3) is 2.18. The van der Waals surface area contributed by atoms with Crippen LogP contribution in [0.3, 0.4) is 0 Å². The van der Waals surface area contributed by atoms with E-state index in [2.05, 4.69) is 6.58 Å². The Labute approximate surface area is 78.1 Å². The molecule has 68 valence electrons. The molecule has 0 aliphatic carbocycles. The molecule has 0 unspecified atom stereocenters. The van der Waals surface area contributed by atoms with Crippen LogP contribution < -0.4 is 5.73 Å². The van der Waals surface area contributed by atoms with Crippen molar-refractivity contribution in [1.29, 1.82) is 0 Å². The molecule has 0 atom stereocenters. The van der Waals surface area contributed by atoms with Gasteiger partial charge in [0.25, 0.3) is 0 Å². The molecule has 0 amide bonds. The maximum atomic E-state index is 11.4. The van der Waals surface area contributed by atoms with Crippen LogP contribution in [0.15, 0.2) is 30.9 Å². The number of rotatable bonds is 3. The summed E-state index contributed by atoms with van der Waals surface area (Å²) < 4.78 is 0. The molecule has 0 fully saturated rings. The summed E-state index contributed by atoms with van der Waals surface area (Å²) >= 11 is 0. The molecule has 0 heterocycles. The summed E-state index contributed by atoms with van der Waals surface area (Å²) in [5.74, 6) is 0.0571. The first-order valence-electron chi connectivity index (χ1n) is 4.15. The number of hydrogen-bond donors (Lipinski definition) is 1. The van der Waals surface area contributed by atoms with Gasteiger partial charge < -0.3 is 5.73 Å². The van der Waals surface area contributed by atoms with Crippen molar-refractivity contribution < 1.29 is 4.79 Å². The summed E-state index contributed by atoms with van der Waals surface area (Å²) in [4.78, 5) is 11.4. The highest BCUT2D eigenvalue weighted by molar-refractivity contribution is 5.97. The molecule has 0 saturated heterocycles. The van der Waals surface area contributed by atoms with Crippen molar-refractivity contribution in [2.45, 2.75) is 13.3 Å². The highest BCUT2D eigenvalue weighted by atomic mass is 16.1. The van der Waals surface area contributed by atoms with Crippen molar-refractivity contribution in [2.75, 3.05) is 5.73 Å². The van der Waals surface area contributed by atoms with Gasteiger partial charge in [0.2, 0.25) is 0 Å². The fraction of sp³-hybridized carbons (Fsp3) is 0.182. The number of allylic oxidation sites excluding steroid dienone is 1. The molecule has 0 spiro atoms. The van der Waals surface area contributed by atoms with Crippen LogP contribution in [0.2, 0.25) is 0 Å². The van der Waals surface area contributed by atoms with Crippen LogP contribution in [-0.2, 0) is 0 Å². The monoisotopic (exact) mass is 175 g/mol. The van der Waals surface area contributed by atoms with Crippen LogP contribution in [0, 0.1) is 6.92 Å². The minimum absolute atomic E-state index is 0.0571. The predicted octanol–water partition coefficient (Wildman–Crippen LogP) is 2.34. The van der Waals surface area contributed by atoms with E-state index in [4.69, 9.17) is 5.73 Å². The van der Waals surface area contributed by atoms with Gasteiger partial charge in [-0.15, -0.1) is 6.58 Å². The number of hydrogen-bond acceptors (Lipinski definition) is 2. The molecule has 13 heavy (non-hydrogen) atoms. The van der Waals surface area contributed by atoms with Crippen LogP contribution >= 0.6 is 0 Å². The third-order valence-electron chi connectivity index (χ3n) is 1.93. The average Bonchev–Trinajstić information content (AvgIpc) is 2.10. The van der Waals surface area contributed by atoms with Crippen LogP contribution in [0.4, 0.5) is 5.69 Å². The van der Waals surface area contributed by atoms with Gasteiger partial charge in [-0.25, -0.2) is 0 Å². The number of Topliss-reactive ketones (excluding diaryl/α,β-unsaturated/α-hetero) is 1. The molecule has 0 aromatic heterocycles. The minimum atomic E-state index is 0.0571. The molecule has 1 rings (SSSR count). The Balaban J connectivity index is 2.96. The fourth-order valence-electron chi connectivity index (χ4n) is 1.06. The number of aryl methyl sites for hydroxylation is 1. The van der Waals surface area contributed by atoms with E-state index >= 15 is 0 Å². The SMILES string of the molecule is C=CCC(=O)c1ccc(C)c(N)c1. The average molecular weight is 175 g/mol. The second-order valence-corrected chi connectivity index (χ2v) is 2.99. The number of nitrogens with two attached hydrogens (primary N) is 1. The van der Waals surface area contributed by atoms with Gasteiger partial charge in [0.15, 0.2) is 5.78 Å². The quantitative estimate of drug-likeness (QED) is 0.435. The topological polar surface area (TPSA) is 43.1 Å². The zero-order valence-electron chi connectivity index (χ0n) is 7.71. The molecular weight excluding hydrogens is 162 g/mol. The second-order valence-electron chi connectivity index (χ2n) is 2.99. The Kier molecular flexibility index (Phi) is 2.85. The summed E-state index contributed by atoms with van der Waals surface area (Å²) in [5, 5.41) is 0. The first kappa shape index (κ1) is 9.52. The highest BCUT2D eigenvalue weighted by Gasteiger charge is 2.04. The van der Waals surface area contributed by atoms with Gasteiger partial charge in [-0.3, -0.25) is 4.79 Å². The summed E-state index contributed by atoms with van der Waals surface area (Å²) in [7, 11) is 0. The van der Waals surface area contributed by atoms with E-state index in [9.17, 15) is 4.79 Å². The fourth-order valence-corrected chi connectivity index (χ4v) is 1.06. The van der Waals surface area contributed by atoms with Crippen molar-refractivity contribution in [1.82, 2.24) is 0 Å². The smallest absolute Gasteiger partial charge is 0.166 e. The number of ketones is 1. The van der Waals surface area contributed by atoms with Crippen LogP contribution in [0.25, 0.3) is 0 Å². The minimum Gasteiger partial charge on any atom is -0.398 e. The summed E-state index contributed by atoms with van der Waals surface area (Å²) in [6.07, 6.45) is 1.96. The van der Waals surface area contributed by atoms with E-state index in [1.165, 1.54) is 0 Å². The van der Waals surface area contributed by atoms with E-state index < -0.39 is 0 Å². The Bertz CT molecular complexity index is 342. The number of anilines is 1. The normalized spacial score (nSPS) is 9.62. The summed E-state index contributed by atoms with van der Waals surface area (Å²) in [6.45, 7) is 5.43. The molecule has 0 aliphatic heterocycles. The van der Waals surface area contributed by atoms with E-state index in [0.717, 1.165) is 5.56 Å². The first-order chi connectivity index (χ1) is 6.15. The lowest BCUT2D eigenvalue weighted by Gasteiger charge is -2.02. The molecule has 0 bridgehead atoms. The summed E-state index contributed by atoms with van der Waals surface area (Å²) in [6, 6.07) is 5.35. The molecule has 0 aliphatic rings. The van der Waals surface area contributed by atoms with Crippen molar-refractivity contribution >= 4 is 11.5 Å². The van der Waals surface area contributed by atoms with E-state index in [0.29, 0.717) is 17.7 Å². The third-order valence-corrected chi connectivity index (χ3v) is 1.93. The van der Waals surface area contributed by atoms with Crippen LogP contribution in [0.5, 0.6) is 0 Å². The number of benzene rings is 1. The highest BCUT2D eigenvalue weighted by Crippen LogP contribution is 2.14. The Morgan fingerprint density at radius 2 is 2.31 bits per heavy atom. The lowest BCUT2D eigenvalue weighted by atomic mass is 10.1. The van der Waals surface area contributed by atoms with Gasteiger partial charge in [-0.05, 0) is 18.6 Å². The Morgan fingerprint density at radius 3 is 2.85 bits per heavy atom. The van der Waals surface area contributed by atoms with Crippen LogP contribution in [-0.4, -0.2) is 5.78 Å². The molecule has 0 radical (unpaired) electrons. The molecule has 2 heteroatoms. The van der Waals surface area contributed by atoms with Gasteiger partial charge in [0.05, 0.1) is 0 Å². The molecule has 0 saturated carbocycles. The largest absolute Gasteiger partial charge is 0.398 e. The van der Waals surface area contributed by atoms with Crippen molar-refractivity contribution in [3.05, 3.63) is 42.0 Å². The number of carbonyl (C=O) groups excluding carboxylic acids is 1. The van der Waals surface area contributed by atoms with E-state index in [1.807, 2.05) is 13.0 Å². The van der Waals surface area contributed by atoms with Crippen molar-refractivity contribution in [2.24, 2.45) is 0 Å². The van der Waals surface area contributed by atoms with Gasteiger partial charge in [0.1, 0.15) is 0 Å². The van der Waals surface area contributed by atoms with Crippen molar-refractivity contribution in [3.63, 3.8) is 0 Å². The van der Waals surface area contributed by atoms with E-state index in [-0.39, 0.29) is 5.78 Å². The molecular formula is C11H13NO. The lowest BCUT2D eigenvalue weighted by Crippen LogP contribution is -1.99. The first-order valence-corrected chi connectivity index (χ1v) is 4.15. The van der Waals surface area contributed by atoms with Gasteiger partial charge in [0, 0.05) is 17.7 Å². The van der Waals surface area contributed by atoms with Crippen LogP contribution in [0.1, 0.15) is 22.3 Å². The van der Waals surface area contributed by atoms with Gasteiger partial charge in [-0.2, -0.15) is 0 Å². The second kappa shape index (κ2) is 3.90. The molecule has 2 N–H and O–H groups in total. The zero-order valence-corrected chi connectivity index (χ0v) is 7.71. The van der Waals surface area contributed by atoms with Gasteiger partial charge >= 0.3 is 0 Å². The molecule has 1 aromatic rings. The zero-order chi connectivity index (χ0) is 9.84. The molecule has 2 nitrogen and oxygen atoms in total. The number of nitrogen functional groups attached to an aromatic ring is 1. The summed E-state index contributed by atoms with van der Waals surface area (Å²) in [5.41, 5.74) is 7.99. The number of carbonyl (C=O) groups is 1. The Morgan fingerprint density at radius 1 is 1.62 bits per heavy atom. The maximum absolute atomic E-state index is 11.4.